The number of hydrogen-bond donors (Lipinski definition) is 2. The minimum atomic E-state index is -1.32. The first-order valence-corrected chi connectivity index (χ1v) is 5.80. The second-order valence-electron chi connectivity index (χ2n) is 3.97. The molecule has 19 heavy (non-hydrogen) atoms. The van der Waals surface area contributed by atoms with E-state index >= 15 is 0 Å². The van der Waals surface area contributed by atoms with Crippen LogP contribution in [0, 0.1) is 6.92 Å². The van der Waals surface area contributed by atoms with Crippen LogP contribution >= 0.6 is 0 Å². The van der Waals surface area contributed by atoms with Gasteiger partial charge in [-0.3, -0.25) is 0 Å². The maximum absolute atomic E-state index is 11.3. The van der Waals surface area contributed by atoms with E-state index < -0.39 is 11.9 Å². The molecule has 0 aliphatic carbocycles. The van der Waals surface area contributed by atoms with Crippen molar-refractivity contribution >= 4 is 11.9 Å². The summed E-state index contributed by atoms with van der Waals surface area (Å²) < 4.78 is 5.27. The molecule has 1 aromatic rings. The number of hydrogen-bond acceptors (Lipinski definition) is 3. The van der Waals surface area contributed by atoms with Crippen LogP contribution in [0.1, 0.15) is 38.8 Å². The van der Waals surface area contributed by atoms with Gasteiger partial charge in [0.2, 0.25) is 0 Å². The highest BCUT2D eigenvalue weighted by Crippen LogP contribution is 2.29. The average molecular weight is 264 g/mol. The molecule has 0 spiro atoms. The summed E-state index contributed by atoms with van der Waals surface area (Å²) in [6.07, 6.45) is 2.06. The second kappa shape index (κ2) is 6.04. The van der Waals surface area contributed by atoms with Crippen LogP contribution in [0.25, 0.3) is 0 Å². The molecule has 0 unspecified atom stereocenters. The molecule has 0 saturated heterocycles. The van der Waals surface area contributed by atoms with Gasteiger partial charge in [-0.1, -0.05) is 19.6 Å². The minimum Gasteiger partial charge on any atom is -0.489 e. The summed E-state index contributed by atoms with van der Waals surface area (Å²) in [5.41, 5.74) is 0.676. The third kappa shape index (κ3) is 2.93. The van der Waals surface area contributed by atoms with Crippen molar-refractivity contribution < 1.29 is 24.5 Å². The Morgan fingerprint density at radius 1 is 1.32 bits per heavy atom. The fraction of sp³-hybridized carbons (Fsp3) is 0.286. The van der Waals surface area contributed by atoms with E-state index in [9.17, 15) is 19.8 Å². The summed E-state index contributed by atoms with van der Waals surface area (Å²) >= 11 is 0. The molecule has 2 N–H and O–H groups in total. The van der Waals surface area contributed by atoms with E-state index in [4.69, 9.17) is 4.74 Å². The standard InChI is InChI=1S/C14H16O5/c1-4-6-19-10-7-9(5-2)8(3)11(13(15)16)12(10)14(17)18/h4,7H,1,5-6H2,2-3H3,(H,15,16)(H,17,18). The molecule has 0 amide bonds. The number of ether oxygens (including phenoxy) is 1. The second-order valence-corrected chi connectivity index (χ2v) is 3.97. The molecule has 0 radical (unpaired) electrons. The van der Waals surface area contributed by atoms with Crippen molar-refractivity contribution in [2.45, 2.75) is 20.3 Å². The number of rotatable bonds is 6. The summed E-state index contributed by atoms with van der Waals surface area (Å²) in [5, 5.41) is 18.4. The van der Waals surface area contributed by atoms with Crippen LogP contribution in [0.2, 0.25) is 0 Å². The first-order chi connectivity index (χ1) is 8.93. The van der Waals surface area contributed by atoms with Crippen molar-refractivity contribution in [2.75, 3.05) is 6.61 Å². The first kappa shape index (κ1) is 14.8. The predicted molar refractivity (Wildman–Crippen MR) is 70.2 cm³/mol. The number of benzene rings is 1. The van der Waals surface area contributed by atoms with Gasteiger partial charge in [-0.15, -0.1) is 0 Å². The van der Waals surface area contributed by atoms with E-state index in [-0.39, 0.29) is 23.5 Å². The summed E-state index contributed by atoms with van der Waals surface area (Å²) in [6.45, 7) is 7.07. The fourth-order valence-corrected chi connectivity index (χ4v) is 1.92. The largest absolute Gasteiger partial charge is 0.489 e. The molecule has 5 heteroatoms. The van der Waals surface area contributed by atoms with Crippen LogP contribution in [-0.2, 0) is 6.42 Å². The lowest BCUT2D eigenvalue weighted by atomic mass is 9.94. The fourth-order valence-electron chi connectivity index (χ4n) is 1.92. The molecule has 0 aliphatic rings. The number of aryl methyl sites for hydroxylation is 1. The van der Waals surface area contributed by atoms with Gasteiger partial charge in [0, 0.05) is 0 Å². The summed E-state index contributed by atoms with van der Waals surface area (Å²) in [6, 6.07) is 1.58. The quantitative estimate of drug-likeness (QED) is 0.771. The van der Waals surface area contributed by atoms with Gasteiger partial charge >= 0.3 is 11.9 Å². The van der Waals surface area contributed by atoms with Crippen LogP contribution in [0.15, 0.2) is 18.7 Å². The van der Waals surface area contributed by atoms with Crippen molar-refractivity contribution in [1.82, 2.24) is 0 Å². The zero-order chi connectivity index (χ0) is 14.6. The van der Waals surface area contributed by atoms with E-state index in [1.807, 2.05) is 6.92 Å². The minimum absolute atomic E-state index is 0.0623. The van der Waals surface area contributed by atoms with E-state index in [1.165, 1.54) is 6.08 Å². The van der Waals surface area contributed by atoms with Gasteiger partial charge in [0.25, 0.3) is 0 Å². The Bertz CT molecular complexity index is 531. The van der Waals surface area contributed by atoms with Crippen molar-refractivity contribution in [3.05, 3.63) is 41.0 Å². The Kier molecular flexibility index (Phi) is 4.69. The molecular weight excluding hydrogens is 248 g/mol. The van der Waals surface area contributed by atoms with Crippen LogP contribution < -0.4 is 4.74 Å². The van der Waals surface area contributed by atoms with Crippen LogP contribution in [0.5, 0.6) is 5.75 Å². The molecule has 0 bridgehead atoms. The van der Waals surface area contributed by atoms with Gasteiger partial charge in [-0.2, -0.15) is 0 Å². The Balaban J connectivity index is 3.60. The van der Waals surface area contributed by atoms with Crippen LogP contribution in [-0.4, -0.2) is 28.8 Å². The average Bonchev–Trinajstić information content (AvgIpc) is 2.35. The van der Waals surface area contributed by atoms with Crippen molar-refractivity contribution in [3.63, 3.8) is 0 Å². The van der Waals surface area contributed by atoms with Crippen molar-refractivity contribution in [2.24, 2.45) is 0 Å². The van der Waals surface area contributed by atoms with Gasteiger partial charge in [0.1, 0.15) is 17.9 Å². The van der Waals surface area contributed by atoms with Crippen molar-refractivity contribution in [1.29, 1.82) is 0 Å². The van der Waals surface area contributed by atoms with Crippen LogP contribution in [0.3, 0.4) is 0 Å². The molecule has 0 heterocycles. The Morgan fingerprint density at radius 3 is 2.32 bits per heavy atom. The maximum Gasteiger partial charge on any atom is 0.340 e. The SMILES string of the molecule is C=CCOc1cc(CC)c(C)c(C(=O)O)c1C(=O)O. The topological polar surface area (TPSA) is 83.8 Å². The lowest BCUT2D eigenvalue weighted by Crippen LogP contribution is -2.14. The summed E-state index contributed by atoms with van der Waals surface area (Å²) in [7, 11) is 0. The number of carboxylic acids is 2. The highest BCUT2D eigenvalue weighted by molar-refractivity contribution is 6.05. The molecule has 0 fully saturated rings. The predicted octanol–water partition coefficient (Wildman–Crippen LogP) is 2.52. The molecule has 0 aliphatic heterocycles. The third-order valence-electron chi connectivity index (χ3n) is 2.82. The molecular formula is C14H16O5. The smallest absolute Gasteiger partial charge is 0.340 e. The molecule has 0 aromatic heterocycles. The monoisotopic (exact) mass is 264 g/mol. The Labute approximate surface area is 111 Å². The van der Waals surface area contributed by atoms with E-state index in [0.29, 0.717) is 12.0 Å². The van der Waals surface area contributed by atoms with Gasteiger partial charge < -0.3 is 14.9 Å². The molecule has 102 valence electrons. The zero-order valence-corrected chi connectivity index (χ0v) is 10.9. The highest BCUT2D eigenvalue weighted by Gasteiger charge is 2.25. The van der Waals surface area contributed by atoms with E-state index in [2.05, 4.69) is 6.58 Å². The van der Waals surface area contributed by atoms with Crippen molar-refractivity contribution in [3.8, 4) is 5.75 Å². The van der Waals surface area contributed by atoms with Gasteiger partial charge in [-0.25, -0.2) is 9.59 Å². The Hall–Kier alpha value is -2.30. The van der Waals surface area contributed by atoms with E-state index in [1.54, 1.807) is 13.0 Å². The molecule has 0 saturated carbocycles. The van der Waals surface area contributed by atoms with Gasteiger partial charge in [0.05, 0.1) is 5.56 Å². The van der Waals surface area contributed by atoms with E-state index in [0.717, 1.165) is 5.56 Å². The summed E-state index contributed by atoms with van der Waals surface area (Å²) in [5.74, 6) is -2.52. The zero-order valence-electron chi connectivity index (χ0n) is 10.9. The summed E-state index contributed by atoms with van der Waals surface area (Å²) in [4.78, 5) is 22.6. The number of carboxylic acid groups (broad SMARTS) is 2. The lowest BCUT2D eigenvalue weighted by molar-refractivity contribution is 0.0647. The highest BCUT2D eigenvalue weighted by atomic mass is 16.5. The molecule has 1 aromatic carbocycles. The van der Waals surface area contributed by atoms with Gasteiger partial charge in [-0.05, 0) is 30.5 Å². The van der Waals surface area contributed by atoms with Gasteiger partial charge in [0.15, 0.2) is 0 Å². The molecule has 1 rings (SSSR count). The number of aromatic carboxylic acids is 2. The van der Waals surface area contributed by atoms with Crippen LogP contribution in [0.4, 0.5) is 0 Å². The lowest BCUT2D eigenvalue weighted by Gasteiger charge is -2.15. The normalized spacial score (nSPS) is 10.0. The number of carbonyl (C=O) groups is 2. The maximum atomic E-state index is 11.3. The third-order valence-corrected chi connectivity index (χ3v) is 2.82. The molecule has 0 atom stereocenters. The molecule has 5 nitrogen and oxygen atoms in total. The Morgan fingerprint density at radius 2 is 1.89 bits per heavy atom. The first-order valence-electron chi connectivity index (χ1n) is 5.80.